The van der Waals surface area contributed by atoms with Crippen molar-refractivity contribution in [3.63, 3.8) is 0 Å². The number of nitrogens with one attached hydrogen (secondary N) is 2. The lowest BCUT2D eigenvalue weighted by Gasteiger charge is -2.27. The van der Waals surface area contributed by atoms with Crippen LogP contribution in [0, 0.1) is 0 Å². The number of aliphatic imine (C=N–C) groups is 1. The smallest absolute Gasteiger partial charge is 0.191 e. The SMILES string of the molecule is CCN(CC)CCNC(=NC)NCC1COc2ccccc2O1. The molecule has 0 fully saturated rings. The van der Waals surface area contributed by atoms with E-state index in [0.717, 1.165) is 43.6 Å². The molecule has 1 atom stereocenters. The molecule has 1 aliphatic rings. The van der Waals surface area contributed by atoms with Crippen LogP contribution in [0.1, 0.15) is 13.8 Å². The topological polar surface area (TPSA) is 58.1 Å². The predicted molar refractivity (Wildman–Crippen MR) is 93.5 cm³/mol. The van der Waals surface area contributed by atoms with E-state index in [0.29, 0.717) is 13.2 Å². The molecule has 23 heavy (non-hydrogen) atoms. The zero-order chi connectivity index (χ0) is 16.5. The van der Waals surface area contributed by atoms with Gasteiger partial charge in [-0.2, -0.15) is 0 Å². The van der Waals surface area contributed by atoms with Gasteiger partial charge in [0.1, 0.15) is 12.7 Å². The number of hydrogen-bond donors (Lipinski definition) is 2. The van der Waals surface area contributed by atoms with Crippen LogP contribution < -0.4 is 20.1 Å². The van der Waals surface area contributed by atoms with Gasteiger partial charge < -0.3 is 25.0 Å². The highest BCUT2D eigenvalue weighted by molar-refractivity contribution is 5.79. The minimum Gasteiger partial charge on any atom is -0.486 e. The summed E-state index contributed by atoms with van der Waals surface area (Å²) in [7, 11) is 1.78. The maximum atomic E-state index is 5.93. The highest BCUT2D eigenvalue weighted by Gasteiger charge is 2.20. The highest BCUT2D eigenvalue weighted by Crippen LogP contribution is 2.30. The third kappa shape index (κ3) is 5.32. The van der Waals surface area contributed by atoms with E-state index >= 15 is 0 Å². The molecule has 0 amide bonds. The Hall–Kier alpha value is -1.95. The molecule has 1 aromatic carbocycles. The fourth-order valence-corrected chi connectivity index (χ4v) is 2.47. The second-order valence-electron chi connectivity index (χ2n) is 5.40. The molecule has 1 aromatic rings. The third-order valence-corrected chi connectivity index (χ3v) is 3.90. The van der Waals surface area contributed by atoms with Gasteiger partial charge in [0.2, 0.25) is 0 Å². The first-order chi connectivity index (χ1) is 11.3. The summed E-state index contributed by atoms with van der Waals surface area (Å²) in [6.07, 6.45) is -0.0220. The second-order valence-corrected chi connectivity index (χ2v) is 5.40. The summed E-state index contributed by atoms with van der Waals surface area (Å²) < 4.78 is 11.6. The Morgan fingerprint density at radius 2 is 1.96 bits per heavy atom. The van der Waals surface area contributed by atoms with Gasteiger partial charge in [0, 0.05) is 20.1 Å². The van der Waals surface area contributed by atoms with Gasteiger partial charge in [-0.25, -0.2) is 0 Å². The van der Waals surface area contributed by atoms with E-state index in [1.165, 1.54) is 0 Å². The minimum absolute atomic E-state index is 0.0220. The van der Waals surface area contributed by atoms with Crippen molar-refractivity contribution in [3.8, 4) is 11.5 Å². The van der Waals surface area contributed by atoms with Gasteiger partial charge in [0.05, 0.1) is 6.54 Å². The van der Waals surface area contributed by atoms with E-state index in [1.54, 1.807) is 7.05 Å². The fourth-order valence-electron chi connectivity index (χ4n) is 2.47. The van der Waals surface area contributed by atoms with E-state index < -0.39 is 0 Å². The first-order valence-corrected chi connectivity index (χ1v) is 8.32. The molecular weight excluding hydrogens is 292 g/mol. The van der Waals surface area contributed by atoms with Crippen LogP contribution in [-0.4, -0.2) is 63.3 Å². The summed E-state index contributed by atoms with van der Waals surface area (Å²) in [5.41, 5.74) is 0. The molecule has 0 radical (unpaired) electrons. The van der Waals surface area contributed by atoms with Crippen molar-refractivity contribution in [1.82, 2.24) is 15.5 Å². The average Bonchev–Trinajstić information content (AvgIpc) is 2.61. The lowest BCUT2D eigenvalue weighted by atomic mass is 10.2. The Bertz CT molecular complexity index is 503. The number of fused-ring (bicyclic) bond motifs is 1. The standard InChI is InChI=1S/C17H28N4O2/c1-4-21(5-2)11-10-19-17(18-3)20-12-14-13-22-15-8-6-7-9-16(15)23-14/h6-9,14H,4-5,10-13H2,1-3H3,(H2,18,19,20). The van der Waals surface area contributed by atoms with Crippen molar-refractivity contribution in [2.45, 2.75) is 20.0 Å². The maximum absolute atomic E-state index is 5.93. The van der Waals surface area contributed by atoms with Crippen molar-refractivity contribution >= 4 is 5.96 Å². The molecule has 6 nitrogen and oxygen atoms in total. The Balaban J connectivity index is 1.72. The molecule has 0 aromatic heterocycles. The molecule has 1 heterocycles. The lowest BCUT2D eigenvalue weighted by molar-refractivity contribution is 0.0936. The molecule has 6 heteroatoms. The molecule has 128 valence electrons. The van der Waals surface area contributed by atoms with Gasteiger partial charge in [-0.05, 0) is 25.2 Å². The molecule has 0 saturated carbocycles. The van der Waals surface area contributed by atoms with Gasteiger partial charge >= 0.3 is 0 Å². The zero-order valence-corrected chi connectivity index (χ0v) is 14.3. The quantitative estimate of drug-likeness (QED) is 0.586. The lowest BCUT2D eigenvalue weighted by Crippen LogP contribution is -2.46. The predicted octanol–water partition coefficient (Wildman–Crippen LogP) is 1.33. The Morgan fingerprint density at radius 3 is 2.65 bits per heavy atom. The summed E-state index contributed by atoms with van der Waals surface area (Å²) in [5.74, 6) is 2.40. The van der Waals surface area contributed by atoms with Crippen LogP contribution in [0.3, 0.4) is 0 Å². The van der Waals surface area contributed by atoms with Gasteiger partial charge in [-0.3, -0.25) is 4.99 Å². The number of nitrogens with zero attached hydrogens (tertiary/aromatic N) is 2. The molecule has 2 rings (SSSR count). The third-order valence-electron chi connectivity index (χ3n) is 3.90. The van der Waals surface area contributed by atoms with Crippen molar-refractivity contribution in [2.24, 2.45) is 4.99 Å². The number of guanidine groups is 1. The van der Waals surface area contributed by atoms with Crippen molar-refractivity contribution < 1.29 is 9.47 Å². The molecule has 0 spiro atoms. The normalized spacial score (nSPS) is 17.2. The number of para-hydroxylation sites is 2. The number of hydrogen-bond acceptors (Lipinski definition) is 4. The molecule has 0 aliphatic carbocycles. The van der Waals surface area contributed by atoms with E-state index in [9.17, 15) is 0 Å². The highest BCUT2D eigenvalue weighted by atomic mass is 16.6. The Labute approximate surface area is 138 Å². The molecule has 2 N–H and O–H groups in total. The molecule has 0 bridgehead atoms. The van der Waals surface area contributed by atoms with E-state index in [4.69, 9.17) is 9.47 Å². The van der Waals surface area contributed by atoms with E-state index in [1.807, 2.05) is 24.3 Å². The maximum Gasteiger partial charge on any atom is 0.191 e. The number of benzene rings is 1. The first kappa shape index (κ1) is 17.4. The summed E-state index contributed by atoms with van der Waals surface area (Å²) in [5, 5.41) is 6.62. The monoisotopic (exact) mass is 320 g/mol. The van der Waals surface area contributed by atoms with Crippen LogP contribution in [0.4, 0.5) is 0 Å². The van der Waals surface area contributed by atoms with Gasteiger partial charge in [-0.15, -0.1) is 0 Å². The van der Waals surface area contributed by atoms with Crippen LogP contribution in [-0.2, 0) is 0 Å². The van der Waals surface area contributed by atoms with Gasteiger partial charge in [0.15, 0.2) is 17.5 Å². The van der Waals surface area contributed by atoms with Crippen LogP contribution in [0.5, 0.6) is 11.5 Å². The van der Waals surface area contributed by atoms with E-state index in [2.05, 4.69) is 34.4 Å². The largest absolute Gasteiger partial charge is 0.486 e. The molecule has 1 aliphatic heterocycles. The van der Waals surface area contributed by atoms with E-state index in [-0.39, 0.29) is 6.10 Å². The number of rotatable bonds is 7. The van der Waals surface area contributed by atoms with Crippen molar-refractivity contribution in [1.29, 1.82) is 0 Å². The minimum atomic E-state index is -0.0220. The van der Waals surface area contributed by atoms with Gasteiger partial charge in [0.25, 0.3) is 0 Å². The molecule has 0 saturated heterocycles. The van der Waals surface area contributed by atoms with Crippen molar-refractivity contribution in [2.75, 3.05) is 46.4 Å². The first-order valence-electron chi connectivity index (χ1n) is 8.32. The van der Waals surface area contributed by atoms with Crippen LogP contribution in [0.2, 0.25) is 0 Å². The summed E-state index contributed by atoms with van der Waals surface area (Å²) in [6, 6.07) is 7.75. The average molecular weight is 320 g/mol. The second kappa shape index (κ2) is 9.25. The van der Waals surface area contributed by atoms with Crippen LogP contribution in [0.25, 0.3) is 0 Å². The Morgan fingerprint density at radius 1 is 1.22 bits per heavy atom. The number of likely N-dealkylation sites (N-methyl/N-ethyl adjacent to an activating group) is 1. The van der Waals surface area contributed by atoms with Gasteiger partial charge in [-0.1, -0.05) is 26.0 Å². The number of ether oxygens (including phenoxy) is 2. The zero-order valence-electron chi connectivity index (χ0n) is 14.3. The summed E-state index contributed by atoms with van der Waals surface area (Å²) in [6.45, 7) is 9.55. The fraction of sp³-hybridized carbons (Fsp3) is 0.588. The molecule has 1 unspecified atom stereocenters. The van der Waals surface area contributed by atoms with Crippen LogP contribution in [0.15, 0.2) is 29.3 Å². The molecular formula is C17H28N4O2. The van der Waals surface area contributed by atoms with Crippen LogP contribution >= 0.6 is 0 Å². The summed E-state index contributed by atoms with van der Waals surface area (Å²) >= 11 is 0. The van der Waals surface area contributed by atoms with Crippen molar-refractivity contribution in [3.05, 3.63) is 24.3 Å². The Kier molecular flexibility index (Phi) is 7.00. The summed E-state index contributed by atoms with van der Waals surface area (Å²) in [4.78, 5) is 6.62.